The van der Waals surface area contributed by atoms with Gasteiger partial charge in [0.2, 0.25) is 0 Å². The number of benzene rings is 2. The normalized spacial score (nSPS) is 10.4. The Morgan fingerprint density at radius 3 is 2.52 bits per heavy atom. The fourth-order valence-electron chi connectivity index (χ4n) is 2.29. The number of hydrogen-bond donors (Lipinski definition) is 1. The van der Waals surface area contributed by atoms with Crippen LogP contribution in [0.1, 0.15) is 0 Å². The predicted octanol–water partition coefficient (Wildman–Crippen LogP) is 4.00. The van der Waals surface area contributed by atoms with E-state index in [0.717, 1.165) is 22.1 Å². The monoisotopic (exact) mass is 280 g/mol. The number of hydrogen-bond acceptors (Lipinski definition) is 4. The van der Waals surface area contributed by atoms with E-state index in [1.54, 1.807) is 14.2 Å². The molecule has 0 fully saturated rings. The highest BCUT2D eigenvalue weighted by atomic mass is 16.5. The molecular weight excluding hydrogens is 264 g/mol. The summed E-state index contributed by atoms with van der Waals surface area (Å²) in [6.45, 7) is 0. The van der Waals surface area contributed by atoms with E-state index in [2.05, 4.69) is 16.4 Å². The molecule has 1 aromatic heterocycles. The zero-order valence-corrected chi connectivity index (χ0v) is 12.0. The van der Waals surface area contributed by atoms with Crippen LogP contribution >= 0.6 is 0 Å². The van der Waals surface area contributed by atoms with Crippen LogP contribution in [0.3, 0.4) is 0 Å². The molecule has 0 aliphatic heterocycles. The van der Waals surface area contributed by atoms with Crippen molar-refractivity contribution in [1.82, 2.24) is 4.98 Å². The molecule has 21 heavy (non-hydrogen) atoms. The van der Waals surface area contributed by atoms with Crippen LogP contribution in [0.4, 0.5) is 11.4 Å². The van der Waals surface area contributed by atoms with Gasteiger partial charge in [0.1, 0.15) is 0 Å². The molecule has 2 aromatic carbocycles. The molecule has 0 aliphatic carbocycles. The number of nitrogens with one attached hydrogen (secondary N) is 1. The molecule has 0 saturated carbocycles. The van der Waals surface area contributed by atoms with Crippen LogP contribution in [0.15, 0.2) is 54.9 Å². The van der Waals surface area contributed by atoms with Gasteiger partial charge >= 0.3 is 0 Å². The van der Waals surface area contributed by atoms with Gasteiger partial charge < -0.3 is 14.8 Å². The zero-order chi connectivity index (χ0) is 14.7. The average molecular weight is 280 g/mol. The molecule has 3 aromatic rings. The second-order valence-electron chi connectivity index (χ2n) is 4.60. The first-order valence-electron chi connectivity index (χ1n) is 6.63. The maximum atomic E-state index is 5.32. The lowest BCUT2D eigenvalue weighted by molar-refractivity contribution is 0.355. The minimum atomic E-state index is 0.690. The fraction of sp³-hybridized carbons (Fsp3) is 0.118. The summed E-state index contributed by atoms with van der Waals surface area (Å²) < 4.78 is 10.6. The van der Waals surface area contributed by atoms with Crippen LogP contribution in [0.5, 0.6) is 11.5 Å². The molecule has 106 valence electrons. The Hall–Kier alpha value is -2.75. The Morgan fingerprint density at radius 2 is 1.71 bits per heavy atom. The first kappa shape index (κ1) is 13.2. The number of methoxy groups -OCH3 is 2. The topological polar surface area (TPSA) is 43.4 Å². The van der Waals surface area contributed by atoms with Gasteiger partial charge in [-0.2, -0.15) is 0 Å². The van der Waals surface area contributed by atoms with Crippen molar-refractivity contribution in [1.29, 1.82) is 0 Å². The van der Waals surface area contributed by atoms with Crippen LogP contribution in [0, 0.1) is 0 Å². The molecule has 4 heteroatoms. The predicted molar refractivity (Wildman–Crippen MR) is 84.6 cm³/mol. The van der Waals surface area contributed by atoms with Crippen LogP contribution in [-0.2, 0) is 0 Å². The Kier molecular flexibility index (Phi) is 3.60. The third kappa shape index (κ3) is 2.60. The zero-order valence-electron chi connectivity index (χ0n) is 12.0. The third-order valence-corrected chi connectivity index (χ3v) is 3.33. The minimum absolute atomic E-state index is 0.690. The van der Waals surface area contributed by atoms with E-state index in [1.807, 2.05) is 48.8 Å². The van der Waals surface area contributed by atoms with Gasteiger partial charge in [0, 0.05) is 28.7 Å². The molecule has 0 radical (unpaired) electrons. The first-order chi connectivity index (χ1) is 10.3. The molecule has 1 N–H and O–H groups in total. The lowest BCUT2D eigenvalue weighted by atomic mass is 10.1. The van der Waals surface area contributed by atoms with Gasteiger partial charge in [-0.3, -0.25) is 4.98 Å². The summed E-state index contributed by atoms with van der Waals surface area (Å²) in [5, 5.41) is 5.60. The Bertz CT molecular complexity index is 766. The summed E-state index contributed by atoms with van der Waals surface area (Å²) >= 11 is 0. The molecule has 1 heterocycles. The second-order valence-corrected chi connectivity index (χ2v) is 4.60. The Labute approximate surface area is 123 Å². The molecule has 0 saturated heterocycles. The number of fused-ring (bicyclic) bond motifs is 1. The number of anilines is 2. The van der Waals surface area contributed by atoms with Gasteiger partial charge in [0.05, 0.1) is 26.1 Å². The molecule has 0 amide bonds. The molecule has 0 unspecified atom stereocenters. The van der Waals surface area contributed by atoms with Gasteiger partial charge in [0.25, 0.3) is 0 Å². The van der Waals surface area contributed by atoms with Crippen molar-refractivity contribution in [2.45, 2.75) is 0 Å². The molecule has 0 atom stereocenters. The summed E-state index contributed by atoms with van der Waals surface area (Å²) in [4.78, 5) is 4.27. The highest BCUT2D eigenvalue weighted by molar-refractivity contribution is 5.94. The van der Waals surface area contributed by atoms with Gasteiger partial charge in [-0.15, -0.1) is 0 Å². The van der Waals surface area contributed by atoms with Gasteiger partial charge in [-0.1, -0.05) is 24.3 Å². The van der Waals surface area contributed by atoms with Crippen molar-refractivity contribution in [3.63, 3.8) is 0 Å². The second kappa shape index (κ2) is 5.71. The van der Waals surface area contributed by atoms with Crippen LogP contribution in [0.2, 0.25) is 0 Å². The van der Waals surface area contributed by atoms with Crippen molar-refractivity contribution in [3.05, 3.63) is 54.9 Å². The quantitative estimate of drug-likeness (QED) is 0.784. The van der Waals surface area contributed by atoms with Crippen LogP contribution < -0.4 is 14.8 Å². The number of aromatic nitrogens is 1. The largest absolute Gasteiger partial charge is 0.493 e. The highest BCUT2D eigenvalue weighted by Gasteiger charge is 2.06. The summed E-state index contributed by atoms with van der Waals surface area (Å²) in [5.74, 6) is 1.40. The lowest BCUT2D eigenvalue weighted by Crippen LogP contribution is -1.95. The lowest BCUT2D eigenvalue weighted by Gasteiger charge is -2.12. The van der Waals surface area contributed by atoms with Crippen molar-refractivity contribution in [3.8, 4) is 11.5 Å². The summed E-state index contributed by atoms with van der Waals surface area (Å²) in [6.07, 6.45) is 3.67. The van der Waals surface area contributed by atoms with Gasteiger partial charge in [-0.25, -0.2) is 0 Å². The standard InChI is InChI=1S/C17H16N2O2/c1-20-16-8-7-13(9-17(16)21-2)19-15-11-18-10-12-5-3-4-6-14(12)15/h3-11,19H,1-2H3. The molecular formula is C17H16N2O2. The Morgan fingerprint density at radius 1 is 0.905 bits per heavy atom. The smallest absolute Gasteiger partial charge is 0.162 e. The van der Waals surface area contributed by atoms with Gasteiger partial charge in [-0.05, 0) is 12.1 Å². The molecule has 4 nitrogen and oxygen atoms in total. The molecule has 3 rings (SSSR count). The molecule has 0 aliphatic rings. The van der Waals surface area contributed by atoms with E-state index in [0.29, 0.717) is 11.5 Å². The SMILES string of the molecule is COc1ccc(Nc2cncc3ccccc23)cc1OC. The fourth-order valence-corrected chi connectivity index (χ4v) is 2.29. The summed E-state index contributed by atoms with van der Waals surface area (Å²) in [5.41, 5.74) is 1.88. The van der Waals surface area contributed by atoms with Crippen molar-refractivity contribution in [2.75, 3.05) is 19.5 Å². The van der Waals surface area contributed by atoms with Crippen molar-refractivity contribution in [2.24, 2.45) is 0 Å². The molecule has 0 bridgehead atoms. The van der Waals surface area contributed by atoms with E-state index in [9.17, 15) is 0 Å². The first-order valence-corrected chi connectivity index (χ1v) is 6.63. The van der Waals surface area contributed by atoms with Crippen molar-refractivity contribution < 1.29 is 9.47 Å². The number of ether oxygens (including phenoxy) is 2. The van der Waals surface area contributed by atoms with E-state index < -0.39 is 0 Å². The van der Waals surface area contributed by atoms with E-state index in [4.69, 9.17) is 9.47 Å². The minimum Gasteiger partial charge on any atom is -0.493 e. The van der Waals surface area contributed by atoms with Crippen molar-refractivity contribution >= 4 is 22.1 Å². The number of rotatable bonds is 4. The number of pyridine rings is 1. The number of nitrogens with zero attached hydrogens (tertiary/aromatic N) is 1. The van der Waals surface area contributed by atoms with E-state index >= 15 is 0 Å². The average Bonchev–Trinajstić information content (AvgIpc) is 2.55. The van der Waals surface area contributed by atoms with Crippen LogP contribution in [-0.4, -0.2) is 19.2 Å². The summed E-state index contributed by atoms with van der Waals surface area (Å²) in [6, 6.07) is 13.9. The highest BCUT2D eigenvalue weighted by Crippen LogP contribution is 2.32. The third-order valence-electron chi connectivity index (χ3n) is 3.33. The van der Waals surface area contributed by atoms with Crippen LogP contribution in [0.25, 0.3) is 10.8 Å². The maximum absolute atomic E-state index is 5.32. The Balaban J connectivity index is 1.99. The maximum Gasteiger partial charge on any atom is 0.162 e. The molecule has 0 spiro atoms. The summed E-state index contributed by atoms with van der Waals surface area (Å²) in [7, 11) is 3.25. The van der Waals surface area contributed by atoms with E-state index in [-0.39, 0.29) is 0 Å². The van der Waals surface area contributed by atoms with E-state index in [1.165, 1.54) is 0 Å². The van der Waals surface area contributed by atoms with Gasteiger partial charge in [0.15, 0.2) is 11.5 Å².